The van der Waals surface area contributed by atoms with E-state index in [0.717, 1.165) is 19.4 Å². The number of halogens is 2. The third-order valence-electron chi connectivity index (χ3n) is 4.18. The van der Waals surface area contributed by atoms with E-state index in [4.69, 9.17) is 27.9 Å². The van der Waals surface area contributed by atoms with Crippen LogP contribution in [-0.2, 0) is 14.3 Å². The molecule has 0 saturated carbocycles. The van der Waals surface area contributed by atoms with E-state index >= 15 is 0 Å². The molecule has 1 N–H and O–H groups in total. The molecular weight excluding hydrogens is 339 g/mol. The number of rotatable bonds is 4. The van der Waals surface area contributed by atoms with Crippen LogP contribution >= 0.6 is 23.2 Å². The number of ether oxygens (including phenoxy) is 1. The molecule has 0 aromatic heterocycles. The minimum absolute atomic E-state index is 0.0962. The van der Waals surface area contributed by atoms with Gasteiger partial charge in [0.15, 0.2) is 0 Å². The maximum absolute atomic E-state index is 12.3. The maximum atomic E-state index is 12.3. The quantitative estimate of drug-likeness (QED) is 0.901. The molecule has 23 heavy (non-hydrogen) atoms. The van der Waals surface area contributed by atoms with Gasteiger partial charge in [0.05, 0.1) is 12.0 Å². The van der Waals surface area contributed by atoms with Crippen LogP contribution < -0.4 is 10.2 Å². The van der Waals surface area contributed by atoms with Crippen LogP contribution in [0.2, 0.25) is 10.0 Å². The van der Waals surface area contributed by atoms with Crippen molar-refractivity contribution < 1.29 is 14.3 Å². The first-order valence-electron chi connectivity index (χ1n) is 7.68. The fraction of sp³-hybridized carbons (Fsp3) is 0.500. The predicted octanol–water partition coefficient (Wildman–Crippen LogP) is 2.64. The van der Waals surface area contributed by atoms with Crippen molar-refractivity contribution in [3.05, 3.63) is 28.2 Å². The Labute approximate surface area is 144 Å². The van der Waals surface area contributed by atoms with Crippen LogP contribution in [0.5, 0.6) is 0 Å². The van der Waals surface area contributed by atoms with Crippen LogP contribution in [0.3, 0.4) is 0 Å². The summed E-state index contributed by atoms with van der Waals surface area (Å²) in [7, 11) is 0. The van der Waals surface area contributed by atoms with E-state index in [1.54, 1.807) is 23.1 Å². The fourth-order valence-electron chi connectivity index (χ4n) is 2.99. The highest BCUT2D eigenvalue weighted by atomic mass is 35.5. The second-order valence-electron chi connectivity index (χ2n) is 5.91. The van der Waals surface area contributed by atoms with Gasteiger partial charge in [0.25, 0.3) is 0 Å². The molecule has 3 rings (SSSR count). The van der Waals surface area contributed by atoms with Gasteiger partial charge in [-0.15, -0.1) is 0 Å². The highest BCUT2D eigenvalue weighted by Gasteiger charge is 2.35. The maximum Gasteiger partial charge on any atom is 0.227 e. The van der Waals surface area contributed by atoms with Crippen LogP contribution in [-0.4, -0.2) is 37.6 Å². The average Bonchev–Trinajstić information content (AvgIpc) is 3.13. The smallest absolute Gasteiger partial charge is 0.227 e. The van der Waals surface area contributed by atoms with Gasteiger partial charge < -0.3 is 15.0 Å². The predicted molar refractivity (Wildman–Crippen MR) is 88.9 cm³/mol. The summed E-state index contributed by atoms with van der Waals surface area (Å²) in [5.74, 6) is -0.563. The summed E-state index contributed by atoms with van der Waals surface area (Å²) in [6, 6.07) is 4.97. The first-order chi connectivity index (χ1) is 11.0. The third kappa shape index (κ3) is 3.97. The molecule has 0 aliphatic carbocycles. The number of hydrogen-bond donors (Lipinski definition) is 1. The van der Waals surface area contributed by atoms with Crippen LogP contribution in [0.1, 0.15) is 19.3 Å². The highest BCUT2D eigenvalue weighted by molar-refractivity contribution is 6.35. The number of nitrogens with one attached hydrogen (secondary N) is 1. The summed E-state index contributed by atoms with van der Waals surface area (Å²) >= 11 is 12.0. The Kier molecular flexibility index (Phi) is 5.09. The molecule has 0 spiro atoms. The summed E-state index contributed by atoms with van der Waals surface area (Å²) < 4.78 is 5.48. The Bertz CT molecular complexity index is 597. The third-order valence-corrected chi connectivity index (χ3v) is 4.62. The number of nitrogens with zero attached hydrogens (tertiary/aromatic N) is 1. The summed E-state index contributed by atoms with van der Waals surface area (Å²) in [5.41, 5.74) is 0.627. The molecule has 2 amide bonds. The summed E-state index contributed by atoms with van der Waals surface area (Å²) in [5, 5.41) is 3.82. The molecule has 0 bridgehead atoms. The van der Waals surface area contributed by atoms with Crippen LogP contribution in [0.15, 0.2) is 18.2 Å². The molecule has 1 aromatic carbocycles. The summed E-state index contributed by atoms with van der Waals surface area (Å²) in [6.45, 7) is 1.60. The number of benzene rings is 1. The topological polar surface area (TPSA) is 58.6 Å². The lowest BCUT2D eigenvalue weighted by molar-refractivity contribution is -0.126. The van der Waals surface area contributed by atoms with Crippen LogP contribution in [0.25, 0.3) is 0 Å². The van der Waals surface area contributed by atoms with Gasteiger partial charge in [-0.25, -0.2) is 0 Å². The number of carbonyl (C=O) groups excluding carboxylic acids is 2. The van der Waals surface area contributed by atoms with Gasteiger partial charge in [0.2, 0.25) is 11.8 Å². The molecule has 2 heterocycles. The lowest BCUT2D eigenvalue weighted by Crippen LogP contribution is -2.37. The van der Waals surface area contributed by atoms with E-state index < -0.39 is 0 Å². The summed E-state index contributed by atoms with van der Waals surface area (Å²) in [4.78, 5) is 26.0. The molecule has 124 valence electrons. The van der Waals surface area contributed by atoms with Crippen molar-refractivity contribution >= 4 is 40.7 Å². The molecule has 1 aromatic rings. The zero-order chi connectivity index (χ0) is 16.4. The normalized spacial score (nSPS) is 24.3. The molecule has 5 nitrogen and oxygen atoms in total. The second-order valence-corrected chi connectivity index (χ2v) is 6.79. The summed E-state index contributed by atoms with van der Waals surface area (Å²) in [6.07, 6.45) is 2.29. The van der Waals surface area contributed by atoms with Gasteiger partial charge >= 0.3 is 0 Å². The Morgan fingerprint density at radius 1 is 1.30 bits per heavy atom. The van der Waals surface area contributed by atoms with E-state index in [1.165, 1.54) is 0 Å². The van der Waals surface area contributed by atoms with Crippen molar-refractivity contribution in [2.75, 3.05) is 24.6 Å². The van der Waals surface area contributed by atoms with Crippen LogP contribution in [0, 0.1) is 5.92 Å². The molecule has 7 heteroatoms. The van der Waals surface area contributed by atoms with Crippen molar-refractivity contribution in [3.63, 3.8) is 0 Å². The van der Waals surface area contributed by atoms with Gasteiger partial charge in [-0.2, -0.15) is 0 Å². The highest BCUT2D eigenvalue weighted by Crippen LogP contribution is 2.30. The van der Waals surface area contributed by atoms with Crippen molar-refractivity contribution in [3.8, 4) is 0 Å². The number of amides is 2. The van der Waals surface area contributed by atoms with Crippen molar-refractivity contribution in [1.29, 1.82) is 0 Å². The van der Waals surface area contributed by atoms with Gasteiger partial charge in [-0.05, 0) is 31.0 Å². The van der Waals surface area contributed by atoms with Gasteiger partial charge in [-0.3, -0.25) is 9.59 Å². The van der Waals surface area contributed by atoms with E-state index in [0.29, 0.717) is 28.8 Å². The largest absolute Gasteiger partial charge is 0.376 e. The SMILES string of the molecule is O=C(NCC1CCCO1)C1CC(=O)N(c2cc(Cl)cc(Cl)c2)C1. The van der Waals surface area contributed by atoms with Crippen molar-refractivity contribution in [2.45, 2.75) is 25.4 Å². The Morgan fingerprint density at radius 3 is 2.70 bits per heavy atom. The standard InChI is InChI=1S/C16H18Cl2N2O3/c17-11-5-12(18)7-13(6-11)20-9-10(4-15(20)21)16(22)19-8-14-2-1-3-23-14/h5-7,10,14H,1-4,8-9H2,(H,19,22). The minimum atomic E-state index is -0.360. The Balaban J connectivity index is 1.61. The second kappa shape index (κ2) is 7.07. The van der Waals surface area contributed by atoms with Crippen molar-refractivity contribution in [1.82, 2.24) is 5.32 Å². The molecule has 2 unspecified atom stereocenters. The lowest BCUT2D eigenvalue weighted by Gasteiger charge is -2.18. The molecule has 2 atom stereocenters. The molecule has 0 radical (unpaired) electrons. The monoisotopic (exact) mass is 356 g/mol. The van der Waals surface area contributed by atoms with E-state index in [2.05, 4.69) is 5.32 Å². The lowest BCUT2D eigenvalue weighted by atomic mass is 10.1. The van der Waals surface area contributed by atoms with Crippen LogP contribution in [0.4, 0.5) is 5.69 Å². The number of hydrogen-bond acceptors (Lipinski definition) is 3. The van der Waals surface area contributed by atoms with Gasteiger partial charge in [0.1, 0.15) is 0 Å². The molecule has 2 aliphatic rings. The average molecular weight is 357 g/mol. The zero-order valence-electron chi connectivity index (χ0n) is 12.6. The molecule has 2 aliphatic heterocycles. The minimum Gasteiger partial charge on any atom is -0.376 e. The Hall–Kier alpha value is -1.30. The number of carbonyl (C=O) groups is 2. The van der Waals surface area contributed by atoms with Gasteiger partial charge in [-0.1, -0.05) is 23.2 Å². The molecular formula is C16H18Cl2N2O3. The van der Waals surface area contributed by atoms with E-state index in [-0.39, 0.29) is 30.3 Å². The molecule has 2 saturated heterocycles. The first kappa shape index (κ1) is 16.6. The van der Waals surface area contributed by atoms with Gasteiger partial charge in [0, 0.05) is 41.8 Å². The molecule has 2 fully saturated rings. The van der Waals surface area contributed by atoms with E-state index in [9.17, 15) is 9.59 Å². The van der Waals surface area contributed by atoms with Crippen molar-refractivity contribution in [2.24, 2.45) is 5.92 Å². The first-order valence-corrected chi connectivity index (χ1v) is 8.44. The Morgan fingerprint density at radius 2 is 2.04 bits per heavy atom. The fourth-order valence-corrected chi connectivity index (χ4v) is 3.51. The zero-order valence-corrected chi connectivity index (χ0v) is 14.1. The number of anilines is 1. The van der Waals surface area contributed by atoms with E-state index in [1.807, 2.05) is 0 Å².